The van der Waals surface area contributed by atoms with E-state index in [1.54, 1.807) is 0 Å². The third-order valence-electron chi connectivity index (χ3n) is 4.28. The fraction of sp³-hybridized carbons (Fsp3) is 0.625. The molecule has 1 saturated carbocycles. The Morgan fingerprint density at radius 3 is 2.40 bits per heavy atom. The van der Waals surface area contributed by atoms with Gasteiger partial charge >= 0.3 is 0 Å². The molecule has 0 aliphatic heterocycles. The van der Waals surface area contributed by atoms with Crippen LogP contribution in [0.1, 0.15) is 50.7 Å². The van der Waals surface area contributed by atoms with Gasteiger partial charge in [0.15, 0.2) is 0 Å². The number of hydrogen-bond acceptors (Lipinski definition) is 2. The van der Waals surface area contributed by atoms with Gasteiger partial charge in [0.2, 0.25) is 0 Å². The first-order chi connectivity index (χ1) is 9.52. The number of hydrogen-bond donors (Lipinski definition) is 2. The number of nitrogens with one attached hydrogen (secondary N) is 1. The zero-order valence-corrected chi connectivity index (χ0v) is 12.0. The summed E-state index contributed by atoms with van der Waals surface area (Å²) in [6.45, 7) is 3.18. The van der Waals surface area contributed by atoms with Crippen molar-refractivity contribution in [2.75, 3.05) is 13.1 Å². The summed E-state index contributed by atoms with van der Waals surface area (Å²) in [7, 11) is 0. The number of halogens is 2. The van der Waals surface area contributed by atoms with Gasteiger partial charge in [-0.15, -0.1) is 0 Å². The first-order valence-electron chi connectivity index (χ1n) is 7.34. The molecule has 1 aliphatic rings. The van der Waals surface area contributed by atoms with Gasteiger partial charge in [0.1, 0.15) is 11.6 Å². The lowest BCUT2D eigenvalue weighted by Gasteiger charge is -2.34. The lowest BCUT2D eigenvalue weighted by molar-refractivity contribution is 0.148. The van der Waals surface area contributed by atoms with Crippen LogP contribution in [0.3, 0.4) is 0 Å². The number of aliphatic hydroxyl groups excluding tert-OH is 1. The van der Waals surface area contributed by atoms with Crippen molar-refractivity contribution >= 4 is 0 Å². The van der Waals surface area contributed by atoms with Gasteiger partial charge in [-0.25, -0.2) is 8.78 Å². The molecule has 1 unspecified atom stereocenters. The van der Waals surface area contributed by atoms with E-state index in [1.165, 1.54) is 50.3 Å². The van der Waals surface area contributed by atoms with Gasteiger partial charge in [0.05, 0.1) is 11.7 Å². The van der Waals surface area contributed by atoms with Crippen molar-refractivity contribution in [3.8, 4) is 0 Å². The molecule has 0 aromatic heterocycles. The van der Waals surface area contributed by atoms with Crippen molar-refractivity contribution in [2.24, 2.45) is 5.41 Å². The average molecular weight is 283 g/mol. The zero-order chi connectivity index (χ0) is 14.6. The van der Waals surface area contributed by atoms with Gasteiger partial charge in [0, 0.05) is 13.1 Å². The first kappa shape index (κ1) is 15.4. The van der Waals surface area contributed by atoms with E-state index in [0.29, 0.717) is 0 Å². The van der Waals surface area contributed by atoms with Crippen LogP contribution >= 0.6 is 0 Å². The normalized spacial score (nSPS) is 19.8. The van der Waals surface area contributed by atoms with Crippen molar-refractivity contribution in [1.82, 2.24) is 5.32 Å². The van der Waals surface area contributed by atoms with Crippen LogP contribution in [0.15, 0.2) is 18.2 Å². The quantitative estimate of drug-likeness (QED) is 0.866. The van der Waals surface area contributed by atoms with E-state index in [-0.39, 0.29) is 17.5 Å². The van der Waals surface area contributed by atoms with E-state index < -0.39 is 17.7 Å². The fourth-order valence-corrected chi connectivity index (χ4v) is 3.02. The first-order valence-corrected chi connectivity index (χ1v) is 7.34. The van der Waals surface area contributed by atoms with Crippen molar-refractivity contribution in [1.29, 1.82) is 0 Å². The van der Waals surface area contributed by atoms with Gasteiger partial charge < -0.3 is 10.4 Å². The SMILES string of the molecule is CC1(CNCC(O)c2c(F)cccc2F)CCCCC1. The summed E-state index contributed by atoms with van der Waals surface area (Å²) in [5.41, 5.74) is -0.0000418. The van der Waals surface area contributed by atoms with Crippen LogP contribution in [0.5, 0.6) is 0 Å². The van der Waals surface area contributed by atoms with Crippen molar-refractivity contribution in [3.05, 3.63) is 35.4 Å². The zero-order valence-electron chi connectivity index (χ0n) is 12.0. The molecule has 0 heterocycles. The maximum absolute atomic E-state index is 13.5. The molecular weight excluding hydrogens is 260 g/mol. The third-order valence-corrected chi connectivity index (χ3v) is 4.28. The Morgan fingerprint density at radius 1 is 1.20 bits per heavy atom. The molecule has 0 bridgehead atoms. The molecule has 1 aliphatic carbocycles. The van der Waals surface area contributed by atoms with E-state index in [2.05, 4.69) is 12.2 Å². The van der Waals surface area contributed by atoms with Gasteiger partial charge in [-0.05, 0) is 30.4 Å². The second kappa shape index (κ2) is 6.64. The summed E-state index contributed by atoms with van der Waals surface area (Å²) >= 11 is 0. The molecule has 1 aromatic carbocycles. The predicted octanol–water partition coefficient (Wildman–Crippen LogP) is 3.56. The van der Waals surface area contributed by atoms with Crippen LogP contribution in [0.2, 0.25) is 0 Å². The summed E-state index contributed by atoms with van der Waals surface area (Å²) in [5, 5.41) is 13.1. The highest BCUT2D eigenvalue weighted by molar-refractivity contribution is 5.22. The summed E-state index contributed by atoms with van der Waals surface area (Å²) in [4.78, 5) is 0. The second-order valence-corrected chi connectivity index (χ2v) is 6.15. The summed E-state index contributed by atoms with van der Waals surface area (Å²) in [6, 6.07) is 3.64. The van der Waals surface area contributed by atoms with Crippen LogP contribution in [-0.4, -0.2) is 18.2 Å². The van der Waals surface area contributed by atoms with E-state index >= 15 is 0 Å². The Hall–Kier alpha value is -1.00. The van der Waals surface area contributed by atoms with Crippen LogP contribution < -0.4 is 5.32 Å². The Morgan fingerprint density at radius 2 is 1.80 bits per heavy atom. The fourth-order valence-electron chi connectivity index (χ4n) is 3.02. The number of aliphatic hydroxyl groups is 1. The minimum atomic E-state index is -1.15. The van der Waals surface area contributed by atoms with Gasteiger partial charge in [-0.2, -0.15) is 0 Å². The Bertz CT molecular complexity index is 424. The molecule has 0 spiro atoms. The van der Waals surface area contributed by atoms with E-state index in [1.807, 2.05) is 0 Å². The molecule has 1 aromatic rings. The summed E-state index contributed by atoms with van der Waals surface area (Å²) < 4.78 is 27.1. The highest BCUT2D eigenvalue weighted by atomic mass is 19.1. The molecular formula is C16H23F2NO. The molecule has 112 valence electrons. The van der Waals surface area contributed by atoms with Gasteiger partial charge in [-0.1, -0.05) is 32.3 Å². The molecule has 2 rings (SSSR count). The Kier molecular flexibility index (Phi) is 5.11. The van der Waals surface area contributed by atoms with E-state index in [4.69, 9.17) is 0 Å². The predicted molar refractivity (Wildman–Crippen MR) is 75.4 cm³/mol. The molecule has 0 amide bonds. The molecule has 2 nitrogen and oxygen atoms in total. The monoisotopic (exact) mass is 283 g/mol. The molecule has 1 atom stereocenters. The maximum Gasteiger partial charge on any atom is 0.131 e. The lowest BCUT2D eigenvalue weighted by atomic mass is 9.76. The third kappa shape index (κ3) is 3.76. The molecule has 1 fully saturated rings. The maximum atomic E-state index is 13.5. The minimum Gasteiger partial charge on any atom is -0.387 e. The molecule has 2 N–H and O–H groups in total. The molecule has 4 heteroatoms. The lowest BCUT2D eigenvalue weighted by Crippen LogP contribution is -2.35. The average Bonchev–Trinajstić information content (AvgIpc) is 2.39. The summed E-state index contributed by atoms with van der Waals surface area (Å²) in [5.74, 6) is -1.38. The van der Waals surface area contributed by atoms with Crippen molar-refractivity contribution in [3.63, 3.8) is 0 Å². The standard InChI is InChI=1S/C16H23F2NO/c1-16(8-3-2-4-9-16)11-19-10-14(20)15-12(17)6-5-7-13(15)18/h5-7,14,19-20H,2-4,8-11H2,1H3. The van der Waals surface area contributed by atoms with Gasteiger partial charge in [-0.3, -0.25) is 0 Å². The van der Waals surface area contributed by atoms with E-state index in [0.717, 1.165) is 6.54 Å². The highest BCUT2D eigenvalue weighted by Crippen LogP contribution is 2.35. The smallest absolute Gasteiger partial charge is 0.131 e. The second-order valence-electron chi connectivity index (χ2n) is 6.15. The van der Waals surface area contributed by atoms with Crippen LogP contribution in [-0.2, 0) is 0 Å². The number of rotatable bonds is 5. The topological polar surface area (TPSA) is 32.3 Å². The molecule has 0 radical (unpaired) electrons. The van der Waals surface area contributed by atoms with E-state index in [9.17, 15) is 13.9 Å². The van der Waals surface area contributed by atoms with Gasteiger partial charge in [0.25, 0.3) is 0 Å². The Labute approximate surface area is 119 Å². The largest absolute Gasteiger partial charge is 0.387 e. The number of benzene rings is 1. The molecule has 0 saturated heterocycles. The Balaban J connectivity index is 1.87. The minimum absolute atomic E-state index is 0.174. The van der Waals surface area contributed by atoms with Crippen molar-refractivity contribution in [2.45, 2.75) is 45.1 Å². The highest BCUT2D eigenvalue weighted by Gasteiger charge is 2.26. The van der Waals surface area contributed by atoms with Crippen LogP contribution in [0.4, 0.5) is 8.78 Å². The summed E-state index contributed by atoms with van der Waals surface area (Å²) in [6.07, 6.45) is 4.96. The van der Waals surface area contributed by atoms with Crippen LogP contribution in [0, 0.1) is 17.0 Å². The van der Waals surface area contributed by atoms with Crippen LogP contribution in [0.25, 0.3) is 0 Å². The molecule has 20 heavy (non-hydrogen) atoms. The van der Waals surface area contributed by atoms with Crippen molar-refractivity contribution < 1.29 is 13.9 Å².